The SMILES string of the molecule is COc1ccc(NC(NC(=O)c2ccccc2)C(Cl)Cl)cc1. The lowest BCUT2D eigenvalue weighted by molar-refractivity contribution is 0.0943. The topological polar surface area (TPSA) is 50.4 Å². The Bertz CT molecular complexity index is 603. The van der Waals surface area contributed by atoms with E-state index in [0.29, 0.717) is 5.56 Å². The van der Waals surface area contributed by atoms with Crippen LogP contribution < -0.4 is 15.4 Å². The first kappa shape index (κ1) is 16.5. The van der Waals surface area contributed by atoms with Crippen molar-refractivity contribution in [1.82, 2.24) is 5.32 Å². The van der Waals surface area contributed by atoms with E-state index in [0.717, 1.165) is 11.4 Å². The number of rotatable bonds is 6. The van der Waals surface area contributed by atoms with Crippen LogP contribution in [-0.2, 0) is 0 Å². The van der Waals surface area contributed by atoms with Crippen molar-refractivity contribution in [1.29, 1.82) is 0 Å². The molecule has 6 heteroatoms. The monoisotopic (exact) mass is 338 g/mol. The summed E-state index contributed by atoms with van der Waals surface area (Å²) in [7, 11) is 1.60. The molecule has 22 heavy (non-hydrogen) atoms. The highest BCUT2D eigenvalue weighted by Gasteiger charge is 2.20. The molecule has 0 radical (unpaired) electrons. The van der Waals surface area contributed by atoms with Gasteiger partial charge in [0.05, 0.1) is 7.11 Å². The summed E-state index contributed by atoms with van der Waals surface area (Å²) in [5.41, 5.74) is 1.31. The van der Waals surface area contributed by atoms with Gasteiger partial charge in [-0.15, -0.1) is 23.2 Å². The van der Waals surface area contributed by atoms with Crippen LogP contribution >= 0.6 is 23.2 Å². The van der Waals surface area contributed by atoms with E-state index in [1.807, 2.05) is 18.2 Å². The molecule has 2 N–H and O–H groups in total. The molecule has 0 saturated heterocycles. The fraction of sp³-hybridized carbons (Fsp3) is 0.188. The quantitative estimate of drug-likeness (QED) is 0.624. The van der Waals surface area contributed by atoms with Crippen molar-refractivity contribution in [2.45, 2.75) is 11.0 Å². The van der Waals surface area contributed by atoms with Crippen molar-refractivity contribution in [3.05, 3.63) is 60.2 Å². The Hall–Kier alpha value is -1.91. The average molecular weight is 339 g/mol. The number of anilines is 1. The predicted octanol–water partition coefficient (Wildman–Crippen LogP) is 3.67. The average Bonchev–Trinajstić information content (AvgIpc) is 2.55. The van der Waals surface area contributed by atoms with Crippen LogP contribution in [0.1, 0.15) is 10.4 Å². The van der Waals surface area contributed by atoms with E-state index in [-0.39, 0.29) is 5.91 Å². The van der Waals surface area contributed by atoms with E-state index < -0.39 is 11.0 Å². The van der Waals surface area contributed by atoms with Crippen LogP contribution in [0.15, 0.2) is 54.6 Å². The fourth-order valence-electron chi connectivity index (χ4n) is 1.84. The Morgan fingerprint density at radius 3 is 2.23 bits per heavy atom. The highest BCUT2D eigenvalue weighted by Crippen LogP contribution is 2.18. The summed E-state index contributed by atoms with van der Waals surface area (Å²) in [4.78, 5) is 11.4. The number of amides is 1. The van der Waals surface area contributed by atoms with Gasteiger partial charge in [-0.2, -0.15) is 0 Å². The van der Waals surface area contributed by atoms with Gasteiger partial charge >= 0.3 is 0 Å². The van der Waals surface area contributed by atoms with Gasteiger partial charge in [0, 0.05) is 11.3 Å². The van der Waals surface area contributed by atoms with Gasteiger partial charge in [-0.3, -0.25) is 4.79 Å². The van der Waals surface area contributed by atoms with E-state index in [9.17, 15) is 4.79 Å². The number of benzene rings is 2. The van der Waals surface area contributed by atoms with Crippen LogP contribution in [0, 0.1) is 0 Å². The summed E-state index contributed by atoms with van der Waals surface area (Å²) >= 11 is 11.9. The lowest BCUT2D eigenvalue weighted by Gasteiger charge is -2.22. The van der Waals surface area contributed by atoms with Crippen molar-refractivity contribution < 1.29 is 9.53 Å². The molecule has 0 heterocycles. The van der Waals surface area contributed by atoms with E-state index in [1.54, 1.807) is 43.5 Å². The smallest absolute Gasteiger partial charge is 0.252 e. The number of methoxy groups -OCH3 is 1. The Balaban J connectivity index is 2.05. The molecule has 2 aromatic carbocycles. The van der Waals surface area contributed by atoms with Gasteiger partial charge in [0.25, 0.3) is 5.91 Å². The molecule has 0 saturated carbocycles. The normalized spacial score (nSPS) is 11.8. The van der Waals surface area contributed by atoms with Gasteiger partial charge in [0.2, 0.25) is 0 Å². The largest absolute Gasteiger partial charge is 0.497 e. The second-order valence-electron chi connectivity index (χ2n) is 4.52. The second kappa shape index (κ2) is 7.92. The molecule has 0 spiro atoms. The van der Waals surface area contributed by atoms with Crippen LogP contribution in [-0.4, -0.2) is 24.0 Å². The third-order valence-electron chi connectivity index (χ3n) is 2.99. The zero-order valence-corrected chi connectivity index (χ0v) is 13.4. The van der Waals surface area contributed by atoms with Crippen molar-refractivity contribution >= 4 is 34.8 Å². The first-order valence-corrected chi connectivity index (χ1v) is 7.52. The van der Waals surface area contributed by atoms with E-state index in [2.05, 4.69) is 10.6 Å². The molecule has 4 nitrogen and oxygen atoms in total. The van der Waals surface area contributed by atoms with Crippen molar-refractivity contribution in [3.63, 3.8) is 0 Å². The summed E-state index contributed by atoms with van der Waals surface area (Å²) < 4.78 is 5.09. The van der Waals surface area contributed by atoms with Crippen molar-refractivity contribution in [3.8, 4) is 5.75 Å². The Kier molecular flexibility index (Phi) is 5.92. The van der Waals surface area contributed by atoms with Gasteiger partial charge in [-0.05, 0) is 36.4 Å². The minimum absolute atomic E-state index is 0.252. The molecule has 0 aliphatic heterocycles. The Labute approximate surface area is 139 Å². The summed E-state index contributed by atoms with van der Waals surface area (Å²) in [5.74, 6) is 0.488. The van der Waals surface area contributed by atoms with Gasteiger partial charge < -0.3 is 15.4 Å². The number of halogens is 2. The van der Waals surface area contributed by atoms with Crippen LogP contribution in [0.2, 0.25) is 0 Å². The number of ether oxygens (including phenoxy) is 1. The number of hydrogen-bond acceptors (Lipinski definition) is 3. The molecule has 0 aliphatic carbocycles. The van der Waals surface area contributed by atoms with Gasteiger partial charge in [-0.25, -0.2) is 0 Å². The number of hydrogen-bond donors (Lipinski definition) is 2. The first-order valence-electron chi connectivity index (χ1n) is 6.65. The van der Waals surface area contributed by atoms with E-state index >= 15 is 0 Å². The maximum absolute atomic E-state index is 12.2. The number of alkyl halides is 2. The third-order valence-corrected chi connectivity index (χ3v) is 3.49. The van der Waals surface area contributed by atoms with Crippen molar-refractivity contribution in [2.75, 3.05) is 12.4 Å². The first-order chi connectivity index (χ1) is 10.6. The van der Waals surface area contributed by atoms with Crippen LogP contribution in [0.3, 0.4) is 0 Å². The summed E-state index contributed by atoms with van der Waals surface area (Å²) in [6, 6.07) is 16.1. The third kappa shape index (κ3) is 4.55. The Morgan fingerprint density at radius 1 is 1.05 bits per heavy atom. The molecular weight excluding hydrogens is 323 g/mol. The summed E-state index contributed by atoms with van der Waals surface area (Å²) in [6.07, 6.45) is -0.621. The van der Waals surface area contributed by atoms with Crippen LogP contribution in [0.5, 0.6) is 5.75 Å². The number of carbonyl (C=O) groups excluding carboxylic acids is 1. The molecule has 1 amide bonds. The fourth-order valence-corrected chi connectivity index (χ4v) is 2.09. The van der Waals surface area contributed by atoms with Gasteiger partial charge in [0.15, 0.2) is 0 Å². The lowest BCUT2D eigenvalue weighted by atomic mass is 10.2. The standard InChI is InChI=1S/C16H16Cl2N2O2/c1-22-13-9-7-12(8-10-13)19-15(14(17)18)20-16(21)11-5-3-2-4-6-11/h2-10,14-15,19H,1H3,(H,20,21). The zero-order chi connectivity index (χ0) is 15.9. The molecule has 0 aliphatic rings. The molecule has 2 aromatic rings. The molecule has 1 unspecified atom stereocenters. The maximum Gasteiger partial charge on any atom is 0.252 e. The summed E-state index contributed by atoms with van der Waals surface area (Å²) in [5, 5.41) is 5.84. The highest BCUT2D eigenvalue weighted by atomic mass is 35.5. The second-order valence-corrected chi connectivity index (χ2v) is 5.69. The maximum atomic E-state index is 12.2. The van der Waals surface area contributed by atoms with Crippen LogP contribution in [0.4, 0.5) is 5.69 Å². The van der Waals surface area contributed by atoms with Crippen molar-refractivity contribution in [2.24, 2.45) is 0 Å². The Morgan fingerprint density at radius 2 is 1.68 bits per heavy atom. The van der Waals surface area contributed by atoms with Crippen LogP contribution in [0.25, 0.3) is 0 Å². The molecule has 0 fully saturated rings. The van der Waals surface area contributed by atoms with Gasteiger partial charge in [-0.1, -0.05) is 18.2 Å². The molecular formula is C16H16Cl2N2O2. The minimum atomic E-state index is -0.810. The predicted molar refractivity (Wildman–Crippen MR) is 89.8 cm³/mol. The van der Waals surface area contributed by atoms with E-state index in [4.69, 9.17) is 27.9 Å². The highest BCUT2D eigenvalue weighted by molar-refractivity contribution is 6.45. The summed E-state index contributed by atoms with van der Waals surface area (Å²) in [6.45, 7) is 0. The minimum Gasteiger partial charge on any atom is -0.497 e. The lowest BCUT2D eigenvalue weighted by Crippen LogP contribution is -2.44. The number of carbonyl (C=O) groups is 1. The zero-order valence-electron chi connectivity index (χ0n) is 11.9. The molecule has 0 aromatic heterocycles. The molecule has 116 valence electrons. The number of nitrogens with one attached hydrogen (secondary N) is 2. The molecule has 1 atom stereocenters. The molecule has 2 rings (SSSR count). The van der Waals surface area contributed by atoms with E-state index in [1.165, 1.54) is 0 Å². The van der Waals surface area contributed by atoms with Gasteiger partial charge in [0.1, 0.15) is 16.8 Å². The molecule has 0 bridgehead atoms.